The van der Waals surface area contributed by atoms with Gasteiger partial charge in [0, 0.05) is 23.5 Å². The van der Waals surface area contributed by atoms with Crippen LogP contribution >= 0.6 is 11.3 Å². The van der Waals surface area contributed by atoms with E-state index in [4.69, 9.17) is 4.98 Å². The Morgan fingerprint density at radius 3 is 2.84 bits per heavy atom. The number of hydrogen-bond acceptors (Lipinski definition) is 6. The molecule has 0 spiro atoms. The maximum absolute atomic E-state index is 13.4. The number of nitrogens with zero attached hydrogens (tertiary/aromatic N) is 5. The van der Waals surface area contributed by atoms with Crippen molar-refractivity contribution < 1.29 is 4.79 Å². The van der Waals surface area contributed by atoms with E-state index in [-0.39, 0.29) is 12.1 Å². The Bertz CT molecular complexity index is 1190. The number of anilines is 3. The smallest absolute Gasteiger partial charge is 0.329 e. The molecule has 156 valence electrons. The Labute approximate surface area is 185 Å². The number of aryl methyl sites for hydroxylation is 2. The van der Waals surface area contributed by atoms with Gasteiger partial charge in [-0.1, -0.05) is 18.2 Å². The van der Waals surface area contributed by atoms with E-state index in [0.29, 0.717) is 22.2 Å². The number of nitriles is 1. The van der Waals surface area contributed by atoms with Crippen LogP contribution in [-0.4, -0.2) is 35.1 Å². The minimum Gasteiger partial charge on any atom is -0.366 e. The van der Waals surface area contributed by atoms with E-state index in [1.165, 1.54) is 11.3 Å². The first-order chi connectivity index (χ1) is 15.0. The number of aromatic nitrogens is 2. The third-order valence-corrected chi connectivity index (χ3v) is 6.96. The zero-order valence-electron chi connectivity index (χ0n) is 17.4. The van der Waals surface area contributed by atoms with Crippen LogP contribution in [0.5, 0.6) is 0 Å². The minimum atomic E-state index is -0.209. The van der Waals surface area contributed by atoms with Crippen molar-refractivity contribution in [2.75, 3.05) is 28.2 Å². The van der Waals surface area contributed by atoms with Gasteiger partial charge >= 0.3 is 6.03 Å². The second-order valence-corrected chi connectivity index (χ2v) is 9.10. The van der Waals surface area contributed by atoms with Gasteiger partial charge in [0.2, 0.25) is 0 Å². The monoisotopic (exact) mass is 430 g/mol. The molecule has 0 radical (unpaired) electrons. The third kappa shape index (κ3) is 3.41. The second-order valence-electron chi connectivity index (χ2n) is 7.90. The van der Waals surface area contributed by atoms with Crippen LogP contribution in [0.2, 0.25) is 0 Å². The fourth-order valence-corrected chi connectivity index (χ4v) is 5.12. The van der Waals surface area contributed by atoms with Crippen molar-refractivity contribution in [1.29, 1.82) is 5.26 Å². The fourth-order valence-electron chi connectivity index (χ4n) is 4.32. The van der Waals surface area contributed by atoms with Crippen LogP contribution in [0.3, 0.4) is 0 Å². The largest absolute Gasteiger partial charge is 0.366 e. The SMILES string of the molecule is Cc1nc(NC(=O)N2c3nc(-c4ccccc4C#N)ccc3N3CCC[C@H]2C3)sc1C. The highest BCUT2D eigenvalue weighted by Gasteiger charge is 2.38. The standard InChI is InChI=1S/C23H22N6OS/c1-14-15(2)31-22(25-14)27-23(30)29-17-7-5-11-28(13-17)20-10-9-19(26-21(20)29)18-8-4-3-6-16(18)12-24/h3-4,6,8-10,17H,5,7,11,13H2,1-2H3,(H,25,27,30)/t17-/m0/s1. The lowest BCUT2D eigenvalue weighted by molar-refractivity contribution is 0.252. The quantitative estimate of drug-likeness (QED) is 0.636. The maximum atomic E-state index is 13.4. The van der Waals surface area contributed by atoms with Crippen LogP contribution in [0.1, 0.15) is 29.0 Å². The molecule has 0 unspecified atom stereocenters. The average Bonchev–Trinajstić information content (AvgIpc) is 3.10. The molecule has 1 saturated heterocycles. The van der Waals surface area contributed by atoms with Gasteiger partial charge in [0.15, 0.2) is 10.9 Å². The number of rotatable bonds is 2. The normalized spacial score (nSPS) is 17.1. The average molecular weight is 431 g/mol. The lowest BCUT2D eigenvalue weighted by atomic mass is 9.99. The van der Waals surface area contributed by atoms with Crippen molar-refractivity contribution in [1.82, 2.24) is 9.97 Å². The van der Waals surface area contributed by atoms with Crippen molar-refractivity contribution in [3.8, 4) is 17.3 Å². The molecule has 5 rings (SSSR count). The zero-order valence-corrected chi connectivity index (χ0v) is 18.2. The van der Waals surface area contributed by atoms with Crippen molar-refractivity contribution >= 4 is 34.0 Å². The first kappa shape index (κ1) is 19.5. The van der Waals surface area contributed by atoms with Gasteiger partial charge in [0.1, 0.15) is 0 Å². The van der Waals surface area contributed by atoms with Gasteiger partial charge in [-0.2, -0.15) is 5.26 Å². The summed E-state index contributed by atoms with van der Waals surface area (Å²) in [6.07, 6.45) is 1.96. The molecule has 3 aromatic rings. The fraction of sp³-hybridized carbons (Fsp3) is 0.304. The second kappa shape index (κ2) is 7.67. The topological polar surface area (TPSA) is 85.1 Å². The highest BCUT2D eigenvalue weighted by molar-refractivity contribution is 7.15. The lowest BCUT2D eigenvalue weighted by Crippen LogP contribution is -2.56. The molecule has 0 aliphatic carbocycles. The molecule has 2 aliphatic heterocycles. The Kier molecular flexibility index (Phi) is 4.83. The summed E-state index contributed by atoms with van der Waals surface area (Å²) in [5.74, 6) is 0.642. The maximum Gasteiger partial charge on any atom is 0.329 e. The van der Waals surface area contributed by atoms with Gasteiger partial charge in [0.05, 0.1) is 34.7 Å². The number of pyridine rings is 1. The molecule has 0 saturated carbocycles. The number of benzene rings is 1. The molecule has 2 aliphatic rings. The van der Waals surface area contributed by atoms with E-state index in [2.05, 4.69) is 21.3 Å². The Morgan fingerprint density at radius 1 is 1.23 bits per heavy atom. The van der Waals surface area contributed by atoms with Crippen molar-refractivity contribution in [2.24, 2.45) is 0 Å². The Hall–Kier alpha value is -3.44. The highest BCUT2D eigenvalue weighted by atomic mass is 32.1. The number of amides is 2. The summed E-state index contributed by atoms with van der Waals surface area (Å²) < 4.78 is 0. The number of carbonyl (C=O) groups is 1. The van der Waals surface area contributed by atoms with Gasteiger partial charge in [0.25, 0.3) is 0 Å². The zero-order chi connectivity index (χ0) is 21.5. The predicted octanol–water partition coefficient (Wildman–Crippen LogP) is 4.71. The number of carbonyl (C=O) groups excluding carboxylic acids is 1. The van der Waals surface area contributed by atoms with E-state index in [1.54, 1.807) is 11.0 Å². The van der Waals surface area contributed by atoms with Gasteiger partial charge in [-0.05, 0) is 44.9 Å². The van der Waals surface area contributed by atoms with E-state index >= 15 is 0 Å². The number of hydrogen-bond donors (Lipinski definition) is 1. The molecule has 2 amide bonds. The molecule has 1 aromatic carbocycles. The molecule has 7 nitrogen and oxygen atoms in total. The molecule has 31 heavy (non-hydrogen) atoms. The molecule has 8 heteroatoms. The molecule has 1 atom stereocenters. The van der Waals surface area contributed by atoms with Crippen molar-refractivity contribution in [3.63, 3.8) is 0 Å². The van der Waals surface area contributed by atoms with E-state index in [1.807, 2.05) is 44.2 Å². The molecule has 1 N–H and O–H groups in total. The third-order valence-electron chi connectivity index (χ3n) is 5.97. The summed E-state index contributed by atoms with van der Waals surface area (Å²) in [6.45, 7) is 5.70. The van der Waals surface area contributed by atoms with Crippen LogP contribution in [0.4, 0.5) is 21.4 Å². The van der Waals surface area contributed by atoms with Crippen molar-refractivity contribution in [3.05, 3.63) is 52.5 Å². The van der Waals surface area contributed by atoms with E-state index in [0.717, 1.165) is 47.8 Å². The Balaban J connectivity index is 1.57. The number of urea groups is 1. The molecule has 2 aromatic heterocycles. The summed E-state index contributed by atoms with van der Waals surface area (Å²) in [6, 6.07) is 13.5. The summed E-state index contributed by atoms with van der Waals surface area (Å²) in [7, 11) is 0. The summed E-state index contributed by atoms with van der Waals surface area (Å²) in [5.41, 5.74) is 3.91. The van der Waals surface area contributed by atoms with Crippen LogP contribution in [0.25, 0.3) is 11.3 Å². The summed E-state index contributed by atoms with van der Waals surface area (Å²) in [4.78, 5) is 27.9. The number of piperidine rings is 1. The van der Waals surface area contributed by atoms with Gasteiger partial charge in [-0.3, -0.25) is 10.2 Å². The summed E-state index contributed by atoms with van der Waals surface area (Å²) >= 11 is 1.48. The summed E-state index contributed by atoms with van der Waals surface area (Å²) in [5, 5.41) is 13.1. The van der Waals surface area contributed by atoms with Gasteiger partial charge in [-0.25, -0.2) is 14.8 Å². The van der Waals surface area contributed by atoms with E-state index in [9.17, 15) is 10.1 Å². The minimum absolute atomic E-state index is 0.0531. The van der Waals surface area contributed by atoms with Crippen LogP contribution < -0.4 is 15.1 Å². The van der Waals surface area contributed by atoms with Crippen LogP contribution in [-0.2, 0) is 0 Å². The molecular weight excluding hydrogens is 408 g/mol. The molecular formula is C23H22N6OS. The van der Waals surface area contributed by atoms with Crippen molar-refractivity contribution in [2.45, 2.75) is 32.7 Å². The molecule has 4 heterocycles. The Morgan fingerprint density at radius 2 is 2.06 bits per heavy atom. The van der Waals surface area contributed by atoms with Gasteiger partial charge < -0.3 is 4.90 Å². The van der Waals surface area contributed by atoms with E-state index < -0.39 is 0 Å². The van der Waals surface area contributed by atoms with Crippen LogP contribution in [0.15, 0.2) is 36.4 Å². The lowest BCUT2D eigenvalue weighted by Gasteiger charge is -2.45. The number of thiazole rings is 1. The van der Waals surface area contributed by atoms with Gasteiger partial charge in [-0.15, -0.1) is 11.3 Å². The highest BCUT2D eigenvalue weighted by Crippen LogP contribution is 2.40. The predicted molar refractivity (Wildman–Crippen MR) is 123 cm³/mol. The number of fused-ring (bicyclic) bond motifs is 4. The number of nitrogens with one attached hydrogen (secondary N) is 1. The molecule has 1 fully saturated rings. The molecule has 2 bridgehead atoms. The van der Waals surface area contributed by atoms with Crippen LogP contribution in [0, 0.1) is 25.2 Å². The first-order valence-corrected chi connectivity index (χ1v) is 11.2. The first-order valence-electron chi connectivity index (χ1n) is 10.3.